The molecule has 0 radical (unpaired) electrons. The third kappa shape index (κ3) is 7.42. The molecule has 6 heteroatoms. The number of ether oxygens (including phenoxy) is 3. The van der Waals surface area contributed by atoms with Gasteiger partial charge in [-0.15, -0.1) is 13.2 Å². The van der Waals surface area contributed by atoms with Gasteiger partial charge in [0, 0.05) is 0 Å². The largest absolute Gasteiger partial charge is 0.491 e. The van der Waals surface area contributed by atoms with Gasteiger partial charge in [-0.3, -0.25) is 4.79 Å². The zero-order chi connectivity index (χ0) is 19.2. The molecule has 1 rings (SSSR count). The van der Waals surface area contributed by atoms with E-state index in [0.717, 1.165) is 25.7 Å². The number of para-hydroxylation sites is 1. The zero-order valence-corrected chi connectivity index (χ0v) is 15.3. The van der Waals surface area contributed by atoms with Gasteiger partial charge in [0.15, 0.2) is 0 Å². The number of anilines is 1. The summed E-state index contributed by atoms with van der Waals surface area (Å²) in [5.74, 6) is -0.947. The predicted octanol–water partition coefficient (Wildman–Crippen LogP) is 3.88. The Bertz CT molecular complexity index is 578. The van der Waals surface area contributed by atoms with Gasteiger partial charge in [-0.05, 0) is 44.7 Å². The number of carbonyl (C=O) groups is 2. The Kier molecular flexibility index (Phi) is 10.3. The highest BCUT2D eigenvalue weighted by Crippen LogP contribution is 2.35. The van der Waals surface area contributed by atoms with Crippen molar-refractivity contribution in [3.05, 3.63) is 43.5 Å². The summed E-state index contributed by atoms with van der Waals surface area (Å²) in [6.45, 7) is 10.0. The van der Waals surface area contributed by atoms with Crippen molar-refractivity contribution in [2.24, 2.45) is 0 Å². The van der Waals surface area contributed by atoms with Crippen molar-refractivity contribution in [3.63, 3.8) is 0 Å². The van der Waals surface area contributed by atoms with Crippen LogP contribution < -0.4 is 14.8 Å². The lowest BCUT2D eigenvalue weighted by Crippen LogP contribution is -2.25. The van der Waals surface area contributed by atoms with Gasteiger partial charge in [0.2, 0.25) is 0 Å². The molecule has 1 N–H and O–H groups in total. The van der Waals surface area contributed by atoms with Crippen molar-refractivity contribution >= 4 is 17.6 Å². The van der Waals surface area contributed by atoms with Gasteiger partial charge < -0.3 is 19.5 Å². The molecule has 0 atom stereocenters. The number of hydrogen-bond acceptors (Lipinski definition) is 5. The third-order valence-corrected chi connectivity index (χ3v) is 3.31. The quantitative estimate of drug-likeness (QED) is 0.265. The Morgan fingerprint density at radius 1 is 1.04 bits per heavy atom. The minimum absolute atomic E-state index is 0.122. The lowest BCUT2D eigenvalue weighted by Gasteiger charge is -2.16. The van der Waals surface area contributed by atoms with E-state index in [-0.39, 0.29) is 6.61 Å². The summed E-state index contributed by atoms with van der Waals surface area (Å²) in [6, 6.07) is 5.20. The molecule has 0 aromatic heterocycles. The fraction of sp³-hybridized carbons (Fsp3) is 0.400. The van der Waals surface area contributed by atoms with E-state index in [0.29, 0.717) is 30.4 Å². The van der Waals surface area contributed by atoms with E-state index in [1.807, 2.05) is 12.2 Å². The first-order valence-corrected chi connectivity index (χ1v) is 8.72. The summed E-state index contributed by atoms with van der Waals surface area (Å²) in [6.07, 6.45) is 6.85. The summed E-state index contributed by atoms with van der Waals surface area (Å²) in [7, 11) is 0. The van der Waals surface area contributed by atoms with Crippen molar-refractivity contribution < 1.29 is 23.8 Å². The van der Waals surface area contributed by atoms with Gasteiger partial charge in [0.1, 0.15) is 17.2 Å². The number of carbonyl (C=O) groups excluding carboxylic acids is 2. The smallest absolute Gasteiger partial charge is 0.397 e. The highest BCUT2D eigenvalue weighted by atomic mass is 16.5. The molecule has 0 aliphatic heterocycles. The highest BCUT2D eigenvalue weighted by Gasteiger charge is 2.20. The maximum absolute atomic E-state index is 12.0. The topological polar surface area (TPSA) is 73.9 Å². The van der Waals surface area contributed by atoms with Crippen LogP contribution in [0.4, 0.5) is 5.69 Å². The maximum Gasteiger partial charge on any atom is 0.397 e. The molecule has 6 nitrogen and oxygen atoms in total. The summed E-state index contributed by atoms with van der Waals surface area (Å²) in [4.78, 5) is 23.7. The van der Waals surface area contributed by atoms with Crippen molar-refractivity contribution in [1.82, 2.24) is 0 Å². The fourth-order valence-corrected chi connectivity index (χ4v) is 2.06. The van der Waals surface area contributed by atoms with Crippen LogP contribution in [0.3, 0.4) is 0 Å². The molecule has 0 aliphatic rings. The van der Waals surface area contributed by atoms with Gasteiger partial charge in [0.25, 0.3) is 0 Å². The van der Waals surface area contributed by atoms with Crippen LogP contribution in [-0.2, 0) is 14.3 Å². The Hall–Kier alpha value is -2.76. The second-order valence-corrected chi connectivity index (χ2v) is 5.36. The van der Waals surface area contributed by atoms with Crippen LogP contribution in [0.25, 0.3) is 0 Å². The average molecular weight is 361 g/mol. The third-order valence-electron chi connectivity index (χ3n) is 3.31. The molecule has 0 spiro atoms. The van der Waals surface area contributed by atoms with Crippen LogP contribution in [0, 0.1) is 0 Å². The zero-order valence-electron chi connectivity index (χ0n) is 15.3. The minimum atomic E-state index is -0.952. The minimum Gasteiger partial charge on any atom is -0.491 e. The lowest BCUT2D eigenvalue weighted by molar-refractivity contribution is -0.152. The lowest BCUT2D eigenvalue weighted by atomic mass is 10.2. The first-order valence-electron chi connectivity index (χ1n) is 8.72. The Morgan fingerprint density at radius 3 is 2.04 bits per heavy atom. The number of nitrogens with one attached hydrogen (secondary N) is 1. The molecule has 0 fully saturated rings. The van der Waals surface area contributed by atoms with Crippen LogP contribution >= 0.6 is 0 Å². The van der Waals surface area contributed by atoms with Gasteiger partial charge >= 0.3 is 11.9 Å². The van der Waals surface area contributed by atoms with Crippen LogP contribution in [0.5, 0.6) is 11.5 Å². The molecule has 0 heterocycles. The molecule has 142 valence electrons. The molecule has 1 amide bonds. The molecule has 0 aliphatic carbocycles. The number of hydrogen-bond donors (Lipinski definition) is 1. The second-order valence-electron chi connectivity index (χ2n) is 5.36. The van der Waals surface area contributed by atoms with Crippen LogP contribution in [0.1, 0.15) is 32.6 Å². The van der Waals surface area contributed by atoms with Gasteiger partial charge in [-0.25, -0.2) is 4.79 Å². The highest BCUT2D eigenvalue weighted by molar-refractivity contribution is 6.37. The van der Waals surface area contributed by atoms with E-state index in [2.05, 4.69) is 18.5 Å². The van der Waals surface area contributed by atoms with Crippen molar-refractivity contribution in [1.29, 1.82) is 0 Å². The van der Waals surface area contributed by atoms with E-state index in [9.17, 15) is 9.59 Å². The first-order chi connectivity index (χ1) is 12.6. The van der Waals surface area contributed by atoms with Gasteiger partial charge in [-0.1, -0.05) is 18.2 Å². The van der Waals surface area contributed by atoms with Gasteiger partial charge in [-0.2, -0.15) is 0 Å². The summed E-state index contributed by atoms with van der Waals surface area (Å²) >= 11 is 0. The molecular formula is C20H27NO5. The number of esters is 1. The Morgan fingerprint density at radius 2 is 1.58 bits per heavy atom. The average Bonchev–Trinajstić information content (AvgIpc) is 2.64. The number of benzene rings is 1. The van der Waals surface area contributed by atoms with Crippen molar-refractivity contribution in [2.75, 3.05) is 25.1 Å². The van der Waals surface area contributed by atoms with Crippen LogP contribution in [0.15, 0.2) is 43.5 Å². The molecule has 0 unspecified atom stereocenters. The number of unbranched alkanes of at least 4 members (excludes halogenated alkanes) is 2. The summed E-state index contributed by atoms with van der Waals surface area (Å²) < 4.78 is 16.2. The number of amides is 1. The summed E-state index contributed by atoms with van der Waals surface area (Å²) in [5, 5.41) is 2.54. The monoisotopic (exact) mass is 361 g/mol. The predicted molar refractivity (Wildman–Crippen MR) is 102 cm³/mol. The maximum atomic E-state index is 12.0. The molecule has 1 aromatic carbocycles. The molecule has 0 saturated heterocycles. The molecule has 0 bridgehead atoms. The summed E-state index contributed by atoms with van der Waals surface area (Å²) in [5.41, 5.74) is 0.322. The van der Waals surface area contributed by atoms with Crippen LogP contribution in [-0.4, -0.2) is 31.7 Å². The van der Waals surface area contributed by atoms with Crippen LogP contribution in [0.2, 0.25) is 0 Å². The van der Waals surface area contributed by atoms with Gasteiger partial charge in [0.05, 0.1) is 19.8 Å². The van der Waals surface area contributed by atoms with E-state index < -0.39 is 11.9 Å². The SMILES string of the molecule is C=CCCCOc1cccc(OCCCC=C)c1NC(=O)C(=O)OCC. The van der Waals surface area contributed by atoms with E-state index in [1.165, 1.54) is 0 Å². The van der Waals surface area contributed by atoms with Crippen molar-refractivity contribution in [2.45, 2.75) is 32.6 Å². The first kappa shape index (κ1) is 21.3. The van der Waals surface area contributed by atoms with Crippen molar-refractivity contribution in [3.8, 4) is 11.5 Å². The number of allylic oxidation sites excluding steroid dienone is 2. The molecule has 0 saturated carbocycles. The fourth-order valence-electron chi connectivity index (χ4n) is 2.06. The Labute approximate surface area is 154 Å². The van der Waals surface area contributed by atoms with E-state index >= 15 is 0 Å². The molecule has 1 aromatic rings. The van der Waals surface area contributed by atoms with E-state index in [4.69, 9.17) is 14.2 Å². The standard InChI is InChI=1S/C20H27NO5/c1-4-7-9-14-25-16-12-11-13-17(26-15-10-8-5-2)18(16)21-19(22)20(23)24-6-3/h4-5,11-13H,1-2,6-10,14-15H2,3H3,(H,21,22). The molecule has 26 heavy (non-hydrogen) atoms. The number of rotatable bonds is 12. The van der Waals surface area contributed by atoms with E-state index in [1.54, 1.807) is 25.1 Å². The molecular weight excluding hydrogens is 334 g/mol. The second kappa shape index (κ2) is 12.6. The normalized spacial score (nSPS) is 9.88. The Balaban J connectivity index is 2.92.